The lowest BCUT2D eigenvalue weighted by atomic mass is 10.1. The second-order valence-electron chi connectivity index (χ2n) is 4.39. The van der Waals surface area contributed by atoms with Crippen molar-refractivity contribution in [3.05, 3.63) is 32.6 Å². The minimum absolute atomic E-state index is 0.140. The molecule has 0 aromatic carbocycles. The van der Waals surface area contributed by atoms with Crippen LogP contribution in [0.15, 0.2) is 15.8 Å². The predicted molar refractivity (Wildman–Crippen MR) is 58.2 cm³/mol. The van der Waals surface area contributed by atoms with Crippen molar-refractivity contribution >= 4 is 0 Å². The number of nitrogens with one attached hydrogen (secondary N) is 1. The third-order valence-corrected chi connectivity index (χ3v) is 3.02. The van der Waals surface area contributed by atoms with Crippen LogP contribution in [-0.4, -0.2) is 44.8 Å². The van der Waals surface area contributed by atoms with Gasteiger partial charge in [-0.15, -0.1) is 0 Å². The fourth-order valence-corrected chi connectivity index (χ4v) is 1.96. The van der Waals surface area contributed by atoms with E-state index >= 15 is 0 Å². The molecule has 1 saturated heterocycles. The molecule has 3 N–H and O–H groups in total. The van der Waals surface area contributed by atoms with Crippen LogP contribution in [-0.2, 0) is 10.9 Å². The first kappa shape index (κ1) is 15.7. The van der Waals surface area contributed by atoms with Gasteiger partial charge in [0, 0.05) is 6.20 Å². The number of hydrogen-bond donors (Lipinski definition) is 3. The van der Waals surface area contributed by atoms with E-state index in [1.165, 1.54) is 4.98 Å². The highest BCUT2D eigenvalue weighted by atomic mass is 19.4. The largest absolute Gasteiger partial charge is 0.423 e. The van der Waals surface area contributed by atoms with Gasteiger partial charge in [-0.1, -0.05) is 0 Å². The Hall–Kier alpha value is -1.72. The molecule has 1 aromatic heterocycles. The average molecular weight is 314 g/mol. The van der Waals surface area contributed by atoms with Crippen LogP contribution < -0.4 is 11.2 Å². The van der Waals surface area contributed by atoms with E-state index < -0.39 is 54.2 Å². The van der Waals surface area contributed by atoms with E-state index in [2.05, 4.69) is 0 Å². The van der Waals surface area contributed by atoms with E-state index in [1.54, 1.807) is 0 Å². The molecule has 1 aliphatic heterocycles. The van der Waals surface area contributed by atoms with Crippen molar-refractivity contribution in [3.63, 3.8) is 0 Å². The van der Waals surface area contributed by atoms with E-state index in [1.807, 2.05) is 0 Å². The first-order valence-corrected chi connectivity index (χ1v) is 5.68. The molecule has 0 aliphatic carbocycles. The number of alkyl halides is 4. The normalized spacial score (nSPS) is 29.8. The number of aliphatic hydroxyl groups is 2. The molecule has 1 aliphatic rings. The second-order valence-corrected chi connectivity index (χ2v) is 4.39. The molecule has 1 aromatic rings. The quantitative estimate of drug-likeness (QED) is 0.617. The Bertz CT molecular complexity index is 640. The van der Waals surface area contributed by atoms with E-state index in [-0.39, 0.29) is 10.8 Å². The van der Waals surface area contributed by atoms with E-state index in [0.29, 0.717) is 0 Å². The molecule has 2 rings (SSSR count). The van der Waals surface area contributed by atoms with Crippen LogP contribution in [0, 0.1) is 0 Å². The monoisotopic (exact) mass is 314 g/mol. The lowest BCUT2D eigenvalue weighted by Crippen LogP contribution is -2.39. The summed E-state index contributed by atoms with van der Waals surface area (Å²) in [6, 6.07) is 0. The summed E-state index contributed by atoms with van der Waals surface area (Å²) in [4.78, 5) is 24.0. The number of ether oxygens (including phenoxy) is 1. The molecule has 0 spiro atoms. The zero-order chi connectivity index (χ0) is 15.9. The number of hydrogen-bond acceptors (Lipinski definition) is 5. The minimum Gasteiger partial charge on any atom is -0.394 e. The third kappa shape index (κ3) is 2.71. The fraction of sp³-hybridized carbons (Fsp3) is 0.600. The van der Waals surface area contributed by atoms with E-state index in [4.69, 9.17) is 9.84 Å². The zero-order valence-corrected chi connectivity index (χ0v) is 10.2. The van der Waals surface area contributed by atoms with Crippen molar-refractivity contribution in [2.45, 2.75) is 30.8 Å². The van der Waals surface area contributed by atoms with Gasteiger partial charge in [0.15, 0.2) is 12.4 Å². The van der Waals surface area contributed by atoms with Gasteiger partial charge in [0.05, 0.1) is 6.61 Å². The number of aliphatic hydroxyl groups excluding tert-OH is 2. The molecule has 1 unspecified atom stereocenters. The number of aromatic nitrogens is 2. The highest BCUT2D eigenvalue weighted by molar-refractivity contribution is 5.10. The van der Waals surface area contributed by atoms with E-state index in [9.17, 15) is 32.3 Å². The number of rotatable bonds is 2. The molecule has 0 saturated carbocycles. The van der Waals surface area contributed by atoms with Crippen molar-refractivity contribution < 1.29 is 32.5 Å². The highest BCUT2D eigenvalue weighted by Crippen LogP contribution is 2.31. The lowest BCUT2D eigenvalue weighted by molar-refractivity contribution is -0.140. The van der Waals surface area contributed by atoms with Gasteiger partial charge in [0.2, 0.25) is 0 Å². The summed E-state index contributed by atoms with van der Waals surface area (Å²) < 4.78 is 56.4. The van der Waals surface area contributed by atoms with Crippen LogP contribution in [0.4, 0.5) is 17.6 Å². The number of aromatic amines is 1. The predicted octanol–water partition coefficient (Wildman–Crippen LogP) is -0.856. The van der Waals surface area contributed by atoms with Gasteiger partial charge in [-0.05, 0) is 0 Å². The number of nitrogens with zero attached hydrogens (tertiary/aromatic N) is 1. The Kier molecular flexibility index (Phi) is 3.91. The maximum Gasteiger partial charge on any atom is 0.423 e. The zero-order valence-electron chi connectivity index (χ0n) is 10.2. The number of H-pyrrole nitrogens is 1. The molecular weight excluding hydrogens is 304 g/mol. The molecule has 2 heterocycles. The summed E-state index contributed by atoms with van der Waals surface area (Å²) >= 11 is 0. The second kappa shape index (κ2) is 5.24. The molecule has 0 radical (unpaired) electrons. The third-order valence-electron chi connectivity index (χ3n) is 3.02. The Morgan fingerprint density at radius 1 is 1.38 bits per heavy atom. The molecule has 7 nitrogen and oxygen atoms in total. The van der Waals surface area contributed by atoms with Crippen LogP contribution >= 0.6 is 0 Å². The van der Waals surface area contributed by atoms with Gasteiger partial charge in [-0.25, -0.2) is 9.18 Å². The van der Waals surface area contributed by atoms with Crippen molar-refractivity contribution in [2.24, 2.45) is 0 Å². The molecule has 1 fully saturated rings. The standard InChI is InChI=1S/C10H10F4N2O5/c11-5-4(2-17)21-8(6(5)18)16-1-3(10(12,13)14)7(19)15-9(16)20/h1,4-6,8,17-18H,2H2,(H,15,19,20)/t4-,5+,6?,8-/m1/s1. The Morgan fingerprint density at radius 2 is 2.00 bits per heavy atom. The lowest BCUT2D eigenvalue weighted by Gasteiger charge is -2.18. The molecule has 21 heavy (non-hydrogen) atoms. The minimum atomic E-state index is -5.04. The average Bonchev–Trinajstić information content (AvgIpc) is 2.65. The first-order chi connectivity index (χ1) is 9.66. The van der Waals surface area contributed by atoms with Gasteiger partial charge in [-0.3, -0.25) is 14.3 Å². The van der Waals surface area contributed by atoms with Crippen LogP contribution in [0.3, 0.4) is 0 Å². The van der Waals surface area contributed by atoms with Crippen LogP contribution in [0.1, 0.15) is 11.8 Å². The number of halogens is 4. The topological polar surface area (TPSA) is 105 Å². The van der Waals surface area contributed by atoms with Gasteiger partial charge < -0.3 is 14.9 Å². The van der Waals surface area contributed by atoms with Crippen molar-refractivity contribution in [3.8, 4) is 0 Å². The first-order valence-electron chi connectivity index (χ1n) is 5.68. The van der Waals surface area contributed by atoms with Crippen molar-refractivity contribution in [2.75, 3.05) is 6.61 Å². The molecular formula is C10H10F4N2O5. The summed E-state index contributed by atoms with van der Waals surface area (Å²) in [5.41, 5.74) is -4.66. The van der Waals surface area contributed by atoms with Crippen LogP contribution in [0.2, 0.25) is 0 Å². The SMILES string of the molecule is O=c1[nH]c(=O)n([C@@H]2O[C@H](CO)[C@H](F)C2O)cc1C(F)(F)F. The summed E-state index contributed by atoms with van der Waals surface area (Å²) in [7, 11) is 0. The maximum atomic E-state index is 13.5. The highest BCUT2D eigenvalue weighted by Gasteiger charge is 2.46. The van der Waals surface area contributed by atoms with Gasteiger partial charge in [0.1, 0.15) is 17.8 Å². The molecule has 0 bridgehead atoms. The smallest absolute Gasteiger partial charge is 0.394 e. The molecule has 118 valence electrons. The molecule has 4 atom stereocenters. The Balaban J connectivity index is 2.50. The Morgan fingerprint density at radius 3 is 2.48 bits per heavy atom. The van der Waals surface area contributed by atoms with E-state index in [0.717, 1.165) is 0 Å². The Labute approximate surface area is 113 Å². The van der Waals surface area contributed by atoms with Crippen molar-refractivity contribution in [1.82, 2.24) is 9.55 Å². The van der Waals surface area contributed by atoms with Gasteiger partial charge in [-0.2, -0.15) is 13.2 Å². The summed E-state index contributed by atoms with van der Waals surface area (Å²) in [6.07, 6.45) is -12.2. The summed E-state index contributed by atoms with van der Waals surface area (Å²) in [5.74, 6) is 0. The summed E-state index contributed by atoms with van der Waals surface area (Å²) in [6.45, 7) is -0.834. The fourth-order valence-electron chi connectivity index (χ4n) is 1.96. The van der Waals surface area contributed by atoms with Gasteiger partial charge >= 0.3 is 11.9 Å². The molecule has 11 heteroatoms. The maximum absolute atomic E-state index is 13.5. The van der Waals surface area contributed by atoms with Gasteiger partial charge in [0.25, 0.3) is 5.56 Å². The summed E-state index contributed by atoms with van der Waals surface area (Å²) in [5, 5.41) is 18.4. The molecule has 0 amide bonds. The van der Waals surface area contributed by atoms with Crippen LogP contribution in [0.5, 0.6) is 0 Å². The van der Waals surface area contributed by atoms with Crippen molar-refractivity contribution in [1.29, 1.82) is 0 Å². The van der Waals surface area contributed by atoms with Crippen LogP contribution in [0.25, 0.3) is 0 Å².